The van der Waals surface area contributed by atoms with Crippen molar-refractivity contribution in [2.45, 2.75) is 13.3 Å². The van der Waals surface area contributed by atoms with Crippen molar-refractivity contribution in [1.29, 1.82) is 0 Å². The fourth-order valence-electron chi connectivity index (χ4n) is 1.41. The van der Waals surface area contributed by atoms with E-state index in [1.165, 1.54) is 0 Å². The van der Waals surface area contributed by atoms with E-state index in [1.807, 2.05) is 19.1 Å². The third kappa shape index (κ3) is 2.12. The van der Waals surface area contributed by atoms with Crippen LogP contribution in [-0.4, -0.2) is 19.4 Å². The maximum absolute atomic E-state index is 11.6. The van der Waals surface area contributed by atoms with Crippen molar-refractivity contribution < 1.29 is 9.53 Å². The van der Waals surface area contributed by atoms with Gasteiger partial charge in [-0.3, -0.25) is 4.79 Å². The lowest BCUT2D eigenvalue weighted by molar-refractivity contribution is 0.0982. The van der Waals surface area contributed by atoms with Crippen LogP contribution in [-0.2, 0) is 0 Å². The molecule has 0 bridgehead atoms. The standard InChI is InChI=1S/C11H15NO2/c1-8-4-3-5-9(11(8)14-2)10(13)6-7-12/h3-5H,6-7,12H2,1-2H3. The summed E-state index contributed by atoms with van der Waals surface area (Å²) in [5, 5.41) is 0. The maximum atomic E-state index is 11.6. The highest BCUT2D eigenvalue weighted by molar-refractivity contribution is 5.99. The highest BCUT2D eigenvalue weighted by Crippen LogP contribution is 2.23. The van der Waals surface area contributed by atoms with Crippen LogP contribution in [0.25, 0.3) is 0 Å². The average Bonchev–Trinajstić information content (AvgIpc) is 2.17. The number of benzene rings is 1. The lowest BCUT2D eigenvalue weighted by Gasteiger charge is -2.09. The van der Waals surface area contributed by atoms with Gasteiger partial charge in [0, 0.05) is 6.42 Å². The third-order valence-corrected chi connectivity index (χ3v) is 2.09. The normalized spacial score (nSPS) is 9.93. The number of aryl methyl sites for hydroxylation is 1. The third-order valence-electron chi connectivity index (χ3n) is 2.09. The molecule has 0 atom stereocenters. The first-order valence-electron chi connectivity index (χ1n) is 4.57. The number of carbonyl (C=O) groups is 1. The van der Waals surface area contributed by atoms with E-state index in [2.05, 4.69) is 0 Å². The second kappa shape index (κ2) is 4.77. The van der Waals surface area contributed by atoms with Crippen LogP contribution in [0.15, 0.2) is 18.2 Å². The molecule has 2 N–H and O–H groups in total. The molecule has 1 aromatic rings. The van der Waals surface area contributed by atoms with Gasteiger partial charge in [-0.15, -0.1) is 0 Å². The monoisotopic (exact) mass is 193 g/mol. The Labute approximate surface area is 83.9 Å². The summed E-state index contributed by atoms with van der Waals surface area (Å²) in [6.45, 7) is 2.29. The molecule has 1 rings (SSSR count). The molecule has 76 valence electrons. The summed E-state index contributed by atoms with van der Waals surface area (Å²) in [5.41, 5.74) is 6.93. The van der Waals surface area contributed by atoms with Gasteiger partial charge in [-0.25, -0.2) is 0 Å². The Bertz CT molecular complexity index is 334. The van der Waals surface area contributed by atoms with Gasteiger partial charge in [0.05, 0.1) is 12.7 Å². The Morgan fingerprint density at radius 2 is 2.21 bits per heavy atom. The van der Waals surface area contributed by atoms with Crippen molar-refractivity contribution in [3.8, 4) is 5.75 Å². The minimum absolute atomic E-state index is 0.0352. The highest BCUT2D eigenvalue weighted by atomic mass is 16.5. The van der Waals surface area contributed by atoms with Gasteiger partial charge in [-0.2, -0.15) is 0 Å². The number of ketones is 1. The summed E-state index contributed by atoms with van der Waals surface area (Å²) >= 11 is 0. The van der Waals surface area contributed by atoms with Crippen LogP contribution >= 0.6 is 0 Å². The van der Waals surface area contributed by atoms with E-state index in [1.54, 1.807) is 13.2 Å². The summed E-state index contributed by atoms with van der Waals surface area (Å²) in [4.78, 5) is 11.6. The van der Waals surface area contributed by atoms with Gasteiger partial charge in [0.2, 0.25) is 0 Å². The molecule has 14 heavy (non-hydrogen) atoms. The van der Waals surface area contributed by atoms with Crippen LogP contribution in [0.1, 0.15) is 22.3 Å². The molecular weight excluding hydrogens is 178 g/mol. The van der Waals surface area contributed by atoms with Crippen LogP contribution in [0.3, 0.4) is 0 Å². The van der Waals surface area contributed by atoms with Crippen molar-refractivity contribution in [3.63, 3.8) is 0 Å². The number of methoxy groups -OCH3 is 1. The number of hydrogen-bond acceptors (Lipinski definition) is 3. The van der Waals surface area contributed by atoms with E-state index in [4.69, 9.17) is 10.5 Å². The molecule has 0 aromatic heterocycles. The number of rotatable bonds is 4. The number of hydrogen-bond donors (Lipinski definition) is 1. The van der Waals surface area contributed by atoms with Gasteiger partial charge in [-0.1, -0.05) is 12.1 Å². The molecule has 0 radical (unpaired) electrons. The second-order valence-electron chi connectivity index (χ2n) is 3.12. The molecule has 3 heteroatoms. The van der Waals surface area contributed by atoms with E-state index < -0.39 is 0 Å². The minimum atomic E-state index is 0.0352. The summed E-state index contributed by atoms with van der Waals surface area (Å²) in [5.74, 6) is 0.694. The molecule has 0 heterocycles. The van der Waals surface area contributed by atoms with Gasteiger partial charge in [-0.05, 0) is 25.1 Å². The molecule has 3 nitrogen and oxygen atoms in total. The average molecular weight is 193 g/mol. The van der Waals surface area contributed by atoms with Crippen LogP contribution in [0.2, 0.25) is 0 Å². The second-order valence-corrected chi connectivity index (χ2v) is 3.12. The van der Waals surface area contributed by atoms with Gasteiger partial charge >= 0.3 is 0 Å². The Morgan fingerprint density at radius 3 is 2.79 bits per heavy atom. The van der Waals surface area contributed by atoms with Crippen LogP contribution in [0.4, 0.5) is 0 Å². The fraction of sp³-hybridized carbons (Fsp3) is 0.364. The zero-order chi connectivity index (χ0) is 10.6. The van der Waals surface area contributed by atoms with Gasteiger partial charge in [0.1, 0.15) is 5.75 Å². The molecule has 0 saturated carbocycles. The lowest BCUT2D eigenvalue weighted by Crippen LogP contribution is -2.09. The molecule has 0 unspecified atom stereocenters. The van der Waals surface area contributed by atoms with Crippen LogP contribution in [0.5, 0.6) is 5.75 Å². The maximum Gasteiger partial charge on any atom is 0.167 e. The summed E-state index contributed by atoms with van der Waals surface area (Å²) < 4.78 is 5.18. The molecule has 0 saturated heterocycles. The minimum Gasteiger partial charge on any atom is -0.496 e. The van der Waals surface area contributed by atoms with Gasteiger partial charge in [0.25, 0.3) is 0 Å². The zero-order valence-corrected chi connectivity index (χ0v) is 8.54. The number of carbonyl (C=O) groups excluding carboxylic acids is 1. The zero-order valence-electron chi connectivity index (χ0n) is 8.54. The van der Waals surface area contributed by atoms with E-state index in [0.717, 1.165) is 5.56 Å². The SMILES string of the molecule is COc1c(C)cccc1C(=O)CCN. The predicted octanol–water partition coefficient (Wildman–Crippen LogP) is 1.54. The van der Waals surface area contributed by atoms with Crippen molar-refractivity contribution >= 4 is 5.78 Å². The van der Waals surface area contributed by atoms with Gasteiger partial charge in [0.15, 0.2) is 5.78 Å². The lowest BCUT2D eigenvalue weighted by atomic mass is 10.0. The quantitative estimate of drug-likeness (QED) is 0.738. The smallest absolute Gasteiger partial charge is 0.167 e. The Hall–Kier alpha value is -1.35. The van der Waals surface area contributed by atoms with Crippen molar-refractivity contribution in [2.24, 2.45) is 5.73 Å². The first-order chi connectivity index (χ1) is 6.70. The van der Waals surface area contributed by atoms with E-state index >= 15 is 0 Å². The van der Waals surface area contributed by atoms with E-state index in [-0.39, 0.29) is 5.78 Å². The number of para-hydroxylation sites is 1. The first-order valence-corrected chi connectivity index (χ1v) is 4.57. The molecule has 1 aromatic carbocycles. The first kappa shape index (κ1) is 10.7. The summed E-state index contributed by atoms with van der Waals surface area (Å²) in [6, 6.07) is 5.53. The Morgan fingerprint density at radius 1 is 1.50 bits per heavy atom. The molecule has 0 fully saturated rings. The van der Waals surface area contributed by atoms with Crippen molar-refractivity contribution in [1.82, 2.24) is 0 Å². The molecule has 0 spiro atoms. The fourth-order valence-corrected chi connectivity index (χ4v) is 1.41. The van der Waals surface area contributed by atoms with Crippen molar-refractivity contribution in [2.75, 3.05) is 13.7 Å². The van der Waals surface area contributed by atoms with Crippen LogP contribution in [0, 0.1) is 6.92 Å². The molecule has 0 amide bonds. The number of Topliss-reactive ketones (excluding diaryl/α,β-unsaturated/α-hetero) is 1. The molecule has 0 aliphatic carbocycles. The molecule has 0 aliphatic rings. The van der Waals surface area contributed by atoms with Crippen molar-refractivity contribution in [3.05, 3.63) is 29.3 Å². The van der Waals surface area contributed by atoms with Crippen LogP contribution < -0.4 is 10.5 Å². The topological polar surface area (TPSA) is 52.3 Å². The van der Waals surface area contributed by atoms with Gasteiger partial charge < -0.3 is 10.5 Å². The number of ether oxygens (including phenoxy) is 1. The van der Waals surface area contributed by atoms with E-state index in [0.29, 0.717) is 24.3 Å². The largest absolute Gasteiger partial charge is 0.496 e. The Kier molecular flexibility index (Phi) is 3.65. The number of nitrogens with two attached hydrogens (primary N) is 1. The molecule has 0 aliphatic heterocycles. The Balaban J connectivity index is 3.07. The predicted molar refractivity (Wildman–Crippen MR) is 55.7 cm³/mol. The highest BCUT2D eigenvalue weighted by Gasteiger charge is 2.12. The van der Waals surface area contributed by atoms with E-state index in [9.17, 15) is 4.79 Å². The summed E-state index contributed by atoms with van der Waals surface area (Å²) in [6.07, 6.45) is 0.361. The summed E-state index contributed by atoms with van der Waals surface area (Å²) in [7, 11) is 1.57. The molecular formula is C11H15NO2.